The van der Waals surface area contributed by atoms with Gasteiger partial charge >= 0.3 is 0 Å². The van der Waals surface area contributed by atoms with Gasteiger partial charge in [-0.2, -0.15) is 0 Å². The number of halogens is 1. The molecule has 27 heavy (non-hydrogen) atoms. The molecule has 3 rings (SSSR count). The van der Waals surface area contributed by atoms with Crippen LogP contribution in [-0.4, -0.2) is 24.2 Å². The SMILES string of the molecule is CON=Cc1cc(=O)c(O)c(C(=O)c2ccc(Cc3ccc(F)cc3)o2)o1. The van der Waals surface area contributed by atoms with Crippen LogP contribution in [0.2, 0.25) is 0 Å². The summed E-state index contributed by atoms with van der Waals surface area (Å²) in [6.07, 6.45) is 1.42. The maximum atomic E-state index is 13.0. The number of hydrogen-bond donors (Lipinski definition) is 1. The monoisotopic (exact) mass is 371 g/mol. The molecule has 0 amide bonds. The van der Waals surface area contributed by atoms with Gasteiger partial charge < -0.3 is 18.8 Å². The van der Waals surface area contributed by atoms with Crippen molar-refractivity contribution in [3.05, 3.63) is 87.1 Å². The molecule has 2 heterocycles. The van der Waals surface area contributed by atoms with Crippen molar-refractivity contribution in [1.82, 2.24) is 0 Å². The lowest BCUT2D eigenvalue weighted by Gasteiger charge is -2.02. The predicted octanol–water partition coefficient (Wildman–Crippen LogP) is 2.88. The largest absolute Gasteiger partial charge is 0.501 e. The number of benzene rings is 1. The Morgan fingerprint density at radius 1 is 1.22 bits per heavy atom. The molecular weight excluding hydrogens is 357 g/mol. The summed E-state index contributed by atoms with van der Waals surface area (Å²) in [6.45, 7) is 0. The minimum atomic E-state index is -0.828. The minimum Gasteiger partial charge on any atom is -0.501 e. The Balaban J connectivity index is 1.87. The third-order valence-corrected chi connectivity index (χ3v) is 3.61. The third kappa shape index (κ3) is 4.12. The first-order valence-electron chi connectivity index (χ1n) is 7.79. The molecule has 1 aromatic carbocycles. The van der Waals surface area contributed by atoms with Crippen LogP contribution in [0.5, 0.6) is 5.75 Å². The van der Waals surface area contributed by atoms with Gasteiger partial charge in [0.1, 0.15) is 24.9 Å². The smallest absolute Gasteiger partial charge is 0.267 e. The Kier molecular flexibility index (Phi) is 5.16. The summed E-state index contributed by atoms with van der Waals surface area (Å²) in [5.74, 6) is -2.29. The van der Waals surface area contributed by atoms with Gasteiger partial charge in [-0.15, -0.1) is 0 Å². The van der Waals surface area contributed by atoms with Crippen LogP contribution in [0.3, 0.4) is 0 Å². The van der Waals surface area contributed by atoms with Gasteiger partial charge in [-0.3, -0.25) is 9.59 Å². The zero-order chi connectivity index (χ0) is 19.4. The van der Waals surface area contributed by atoms with Crippen molar-refractivity contribution in [2.24, 2.45) is 5.16 Å². The van der Waals surface area contributed by atoms with Crippen LogP contribution in [0.4, 0.5) is 4.39 Å². The van der Waals surface area contributed by atoms with Gasteiger partial charge in [-0.1, -0.05) is 17.3 Å². The number of hydrogen-bond acceptors (Lipinski definition) is 7. The van der Waals surface area contributed by atoms with E-state index >= 15 is 0 Å². The number of ketones is 1. The molecule has 0 saturated heterocycles. The zero-order valence-electron chi connectivity index (χ0n) is 14.1. The highest BCUT2D eigenvalue weighted by Crippen LogP contribution is 2.21. The molecule has 0 aliphatic carbocycles. The maximum absolute atomic E-state index is 13.0. The number of aromatic hydroxyl groups is 1. The second-order valence-electron chi connectivity index (χ2n) is 5.51. The van der Waals surface area contributed by atoms with E-state index in [0.717, 1.165) is 17.8 Å². The normalized spacial score (nSPS) is 11.0. The zero-order valence-corrected chi connectivity index (χ0v) is 14.1. The lowest BCUT2D eigenvalue weighted by molar-refractivity contribution is 0.0974. The molecule has 138 valence electrons. The summed E-state index contributed by atoms with van der Waals surface area (Å²) < 4.78 is 23.7. The van der Waals surface area contributed by atoms with Gasteiger partial charge in [0.05, 0.1) is 0 Å². The van der Waals surface area contributed by atoms with E-state index in [-0.39, 0.29) is 17.3 Å². The fraction of sp³-hybridized carbons (Fsp3) is 0.105. The summed E-state index contributed by atoms with van der Waals surface area (Å²) in [4.78, 5) is 28.8. The van der Waals surface area contributed by atoms with E-state index in [1.807, 2.05) is 0 Å². The topological polar surface area (TPSA) is 102 Å². The highest BCUT2D eigenvalue weighted by Gasteiger charge is 2.23. The van der Waals surface area contributed by atoms with E-state index < -0.39 is 22.7 Å². The molecule has 0 radical (unpaired) electrons. The molecule has 0 spiro atoms. The number of rotatable bonds is 6. The molecule has 0 atom stereocenters. The van der Waals surface area contributed by atoms with E-state index in [0.29, 0.717) is 12.2 Å². The molecule has 8 heteroatoms. The van der Waals surface area contributed by atoms with Crippen LogP contribution in [0, 0.1) is 5.82 Å². The quantitative estimate of drug-likeness (QED) is 0.406. The van der Waals surface area contributed by atoms with Crippen LogP contribution in [0.25, 0.3) is 0 Å². The standard InChI is InChI=1S/C19H14FNO6/c1-25-21-10-14-9-15(22)17(23)19(27-14)18(24)16-7-6-13(26-16)8-11-2-4-12(20)5-3-11/h2-7,9-10,23H,8H2,1H3. The highest BCUT2D eigenvalue weighted by atomic mass is 19.1. The first-order valence-corrected chi connectivity index (χ1v) is 7.79. The Hall–Kier alpha value is -3.68. The summed E-state index contributed by atoms with van der Waals surface area (Å²) in [5.41, 5.74) is -0.0165. The van der Waals surface area contributed by atoms with Crippen molar-refractivity contribution < 1.29 is 28.0 Å². The first-order chi connectivity index (χ1) is 13.0. The van der Waals surface area contributed by atoms with E-state index in [1.165, 1.54) is 25.3 Å². The third-order valence-electron chi connectivity index (χ3n) is 3.61. The predicted molar refractivity (Wildman–Crippen MR) is 92.6 cm³/mol. The summed E-state index contributed by atoms with van der Waals surface area (Å²) in [6, 6.07) is 9.79. The summed E-state index contributed by atoms with van der Waals surface area (Å²) >= 11 is 0. The van der Waals surface area contributed by atoms with Gasteiger partial charge in [-0.25, -0.2) is 4.39 Å². The molecule has 0 bridgehead atoms. The van der Waals surface area contributed by atoms with Crippen molar-refractivity contribution in [2.45, 2.75) is 6.42 Å². The number of furan rings is 1. The van der Waals surface area contributed by atoms with E-state index in [9.17, 15) is 19.1 Å². The van der Waals surface area contributed by atoms with Gasteiger partial charge in [-0.05, 0) is 29.8 Å². The molecular formula is C19H14FNO6. The minimum absolute atomic E-state index is 0.0684. The Labute approximate surface area is 152 Å². The molecule has 7 nitrogen and oxygen atoms in total. The van der Waals surface area contributed by atoms with Crippen molar-refractivity contribution in [1.29, 1.82) is 0 Å². The van der Waals surface area contributed by atoms with Crippen LogP contribution >= 0.6 is 0 Å². The fourth-order valence-electron chi connectivity index (χ4n) is 2.34. The fourth-order valence-corrected chi connectivity index (χ4v) is 2.34. The van der Waals surface area contributed by atoms with Gasteiger partial charge in [0.25, 0.3) is 5.78 Å². The number of oxime groups is 1. The number of carbonyl (C=O) groups is 1. The van der Waals surface area contributed by atoms with Crippen molar-refractivity contribution in [3.63, 3.8) is 0 Å². The molecule has 1 N–H and O–H groups in total. The Morgan fingerprint density at radius 2 is 1.96 bits per heavy atom. The molecule has 2 aromatic heterocycles. The van der Waals surface area contributed by atoms with Crippen molar-refractivity contribution in [2.75, 3.05) is 7.11 Å². The van der Waals surface area contributed by atoms with E-state index in [2.05, 4.69) is 9.99 Å². The average Bonchev–Trinajstić information content (AvgIpc) is 3.12. The molecule has 0 unspecified atom stereocenters. The summed E-state index contributed by atoms with van der Waals surface area (Å²) in [7, 11) is 1.30. The first kappa shape index (κ1) is 18.1. The molecule has 3 aromatic rings. The summed E-state index contributed by atoms with van der Waals surface area (Å²) in [5, 5.41) is 13.3. The molecule has 0 aliphatic heterocycles. The van der Waals surface area contributed by atoms with Gasteiger partial charge in [0, 0.05) is 12.5 Å². The van der Waals surface area contributed by atoms with Crippen LogP contribution < -0.4 is 5.43 Å². The average molecular weight is 371 g/mol. The van der Waals surface area contributed by atoms with Crippen LogP contribution in [0.1, 0.15) is 33.4 Å². The molecule has 0 fully saturated rings. The van der Waals surface area contributed by atoms with E-state index in [1.54, 1.807) is 18.2 Å². The van der Waals surface area contributed by atoms with Gasteiger partial charge in [0.15, 0.2) is 11.5 Å². The maximum Gasteiger partial charge on any atom is 0.267 e. The highest BCUT2D eigenvalue weighted by molar-refractivity contribution is 6.07. The molecule has 0 aliphatic rings. The van der Waals surface area contributed by atoms with Crippen LogP contribution in [0.15, 0.2) is 61.2 Å². The van der Waals surface area contributed by atoms with Crippen molar-refractivity contribution in [3.8, 4) is 5.75 Å². The van der Waals surface area contributed by atoms with Crippen molar-refractivity contribution >= 4 is 12.0 Å². The lowest BCUT2D eigenvalue weighted by atomic mass is 10.1. The van der Waals surface area contributed by atoms with Crippen LogP contribution in [-0.2, 0) is 11.3 Å². The Bertz CT molecular complexity index is 1050. The number of carbonyl (C=O) groups excluding carboxylic acids is 1. The molecule has 0 saturated carbocycles. The second-order valence-corrected chi connectivity index (χ2v) is 5.51. The second kappa shape index (κ2) is 7.69. The van der Waals surface area contributed by atoms with Gasteiger partial charge in [0.2, 0.25) is 16.9 Å². The lowest BCUT2D eigenvalue weighted by Crippen LogP contribution is -2.09. The Morgan fingerprint density at radius 3 is 2.67 bits per heavy atom. The number of nitrogens with zero attached hydrogens (tertiary/aromatic N) is 1. The van der Waals surface area contributed by atoms with E-state index in [4.69, 9.17) is 8.83 Å².